The maximum atomic E-state index is 13.1. The normalized spacial score (nSPS) is 12.6. The SMILES string of the molecule is CCc1ccc(-c2csc(C(F)(F)F)c2COS(C)(=O)=O)cc1. The van der Waals surface area contributed by atoms with Crippen LogP contribution < -0.4 is 0 Å². The van der Waals surface area contributed by atoms with Gasteiger partial charge in [0, 0.05) is 5.56 Å². The van der Waals surface area contributed by atoms with Crippen LogP contribution in [0.4, 0.5) is 13.2 Å². The number of hydrogen-bond acceptors (Lipinski definition) is 4. The molecular weight excluding hydrogens is 349 g/mol. The maximum absolute atomic E-state index is 13.1. The van der Waals surface area contributed by atoms with E-state index in [9.17, 15) is 21.6 Å². The Bertz CT molecular complexity index is 775. The molecule has 0 saturated carbocycles. The molecule has 8 heteroatoms. The summed E-state index contributed by atoms with van der Waals surface area (Å²) in [6, 6.07) is 7.12. The van der Waals surface area contributed by atoms with Gasteiger partial charge in [-0.15, -0.1) is 11.3 Å². The molecule has 0 aliphatic rings. The van der Waals surface area contributed by atoms with Crippen molar-refractivity contribution in [2.45, 2.75) is 26.1 Å². The molecule has 1 heterocycles. The topological polar surface area (TPSA) is 43.4 Å². The Morgan fingerprint density at radius 2 is 1.78 bits per heavy atom. The summed E-state index contributed by atoms with van der Waals surface area (Å²) in [6.45, 7) is 1.34. The van der Waals surface area contributed by atoms with Crippen molar-refractivity contribution in [2.75, 3.05) is 6.26 Å². The summed E-state index contributed by atoms with van der Waals surface area (Å²) < 4.78 is 66.2. The molecule has 23 heavy (non-hydrogen) atoms. The molecule has 126 valence electrons. The third-order valence-electron chi connectivity index (χ3n) is 3.24. The van der Waals surface area contributed by atoms with Gasteiger partial charge < -0.3 is 0 Å². The van der Waals surface area contributed by atoms with Crippen LogP contribution in [0.5, 0.6) is 0 Å². The van der Waals surface area contributed by atoms with Crippen molar-refractivity contribution < 1.29 is 25.8 Å². The molecule has 2 rings (SSSR count). The van der Waals surface area contributed by atoms with Gasteiger partial charge in [0.25, 0.3) is 10.1 Å². The van der Waals surface area contributed by atoms with Crippen molar-refractivity contribution in [2.24, 2.45) is 0 Å². The summed E-state index contributed by atoms with van der Waals surface area (Å²) in [6.07, 6.45) is -2.92. The first kappa shape index (κ1) is 18.0. The minimum Gasteiger partial charge on any atom is -0.265 e. The molecule has 0 aliphatic heterocycles. The number of benzene rings is 1. The van der Waals surface area contributed by atoms with Crippen LogP contribution in [0.25, 0.3) is 11.1 Å². The van der Waals surface area contributed by atoms with Crippen LogP contribution in [0.3, 0.4) is 0 Å². The smallest absolute Gasteiger partial charge is 0.265 e. The largest absolute Gasteiger partial charge is 0.425 e. The Morgan fingerprint density at radius 1 is 1.17 bits per heavy atom. The molecule has 0 N–H and O–H groups in total. The highest BCUT2D eigenvalue weighted by atomic mass is 32.2. The van der Waals surface area contributed by atoms with E-state index in [1.54, 1.807) is 12.1 Å². The summed E-state index contributed by atoms with van der Waals surface area (Å²) in [4.78, 5) is -0.837. The average molecular weight is 364 g/mol. The van der Waals surface area contributed by atoms with E-state index in [1.807, 2.05) is 19.1 Å². The molecule has 3 nitrogen and oxygen atoms in total. The molecule has 0 aliphatic carbocycles. The Balaban J connectivity index is 2.47. The summed E-state index contributed by atoms with van der Waals surface area (Å²) >= 11 is 0.539. The lowest BCUT2D eigenvalue weighted by atomic mass is 10.0. The van der Waals surface area contributed by atoms with Gasteiger partial charge in [0.15, 0.2) is 0 Å². The van der Waals surface area contributed by atoms with Gasteiger partial charge in [-0.05, 0) is 28.5 Å². The van der Waals surface area contributed by atoms with E-state index in [1.165, 1.54) is 5.38 Å². The number of alkyl halides is 3. The zero-order valence-electron chi connectivity index (χ0n) is 12.5. The monoisotopic (exact) mass is 364 g/mol. The standard InChI is InChI=1S/C15H15F3O3S2/c1-3-10-4-6-11(7-5-10)13-9-22-14(15(16,17)18)12(13)8-21-23(2,19)20/h4-7,9H,3,8H2,1-2H3. The summed E-state index contributed by atoms with van der Waals surface area (Å²) in [5.41, 5.74) is 1.85. The van der Waals surface area contributed by atoms with Gasteiger partial charge in [-0.25, -0.2) is 0 Å². The van der Waals surface area contributed by atoms with Crippen molar-refractivity contribution in [1.82, 2.24) is 0 Å². The summed E-state index contributed by atoms with van der Waals surface area (Å²) in [5.74, 6) is 0. The lowest BCUT2D eigenvalue weighted by Gasteiger charge is -2.10. The number of thiophene rings is 1. The van der Waals surface area contributed by atoms with Crippen molar-refractivity contribution in [1.29, 1.82) is 0 Å². The molecule has 1 aromatic heterocycles. The van der Waals surface area contributed by atoms with E-state index in [2.05, 4.69) is 4.18 Å². The third-order valence-corrected chi connectivity index (χ3v) is 4.85. The van der Waals surface area contributed by atoms with Gasteiger partial charge in [-0.3, -0.25) is 4.18 Å². The molecule has 2 aromatic rings. The van der Waals surface area contributed by atoms with Crippen LogP contribution >= 0.6 is 11.3 Å². The fourth-order valence-corrected chi connectivity index (χ4v) is 3.38. The molecule has 0 radical (unpaired) electrons. The van der Waals surface area contributed by atoms with Crippen molar-refractivity contribution in [3.8, 4) is 11.1 Å². The van der Waals surface area contributed by atoms with Gasteiger partial charge in [0.2, 0.25) is 0 Å². The van der Waals surface area contributed by atoms with Crippen LogP contribution in [0.1, 0.15) is 22.9 Å². The number of hydrogen-bond donors (Lipinski definition) is 0. The number of rotatable bonds is 5. The molecular formula is C15H15F3O3S2. The molecule has 0 fully saturated rings. The predicted molar refractivity (Wildman–Crippen MR) is 83.8 cm³/mol. The number of halogens is 3. The first-order valence-electron chi connectivity index (χ1n) is 6.73. The van der Waals surface area contributed by atoms with Gasteiger partial charge in [-0.1, -0.05) is 31.2 Å². The van der Waals surface area contributed by atoms with Crippen LogP contribution in [0, 0.1) is 0 Å². The van der Waals surface area contributed by atoms with E-state index >= 15 is 0 Å². The van der Waals surface area contributed by atoms with Gasteiger partial charge >= 0.3 is 6.18 Å². The van der Waals surface area contributed by atoms with Crippen molar-refractivity contribution in [3.05, 3.63) is 45.6 Å². The lowest BCUT2D eigenvalue weighted by molar-refractivity contribution is -0.135. The minimum absolute atomic E-state index is 0.155. The summed E-state index contributed by atoms with van der Waals surface area (Å²) in [7, 11) is -3.83. The second-order valence-corrected chi connectivity index (χ2v) is 7.50. The van der Waals surface area contributed by atoms with Gasteiger partial charge in [0.1, 0.15) is 4.88 Å². The van der Waals surface area contributed by atoms with Gasteiger partial charge in [0.05, 0.1) is 12.9 Å². The second kappa shape index (κ2) is 6.62. The highest BCUT2D eigenvalue weighted by Gasteiger charge is 2.36. The molecule has 0 saturated heterocycles. The van der Waals surface area contributed by atoms with Crippen LogP contribution in [-0.4, -0.2) is 14.7 Å². The molecule has 0 bridgehead atoms. The molecule has 0 spiro atoms. The highest BCUT2D eigenvalue weighted by Crippen LogP contribution is 2.42. The van der Waals surface area contributed by atoms with Crippen molar-refractivity contribution in [3.63, 3.8) is 0 Å². The third kappa shape index (κ3) is 4.55. The first-order valence-corrected chi connectivity index (χ1v) is 9.42. The van der Waals surface area contributed by atoms with Crippen LogP contribution in [0.2, 0.25) is 0 Å². The van der Waals surface area contributed by atoms with E-state index in [0.717, 1.165) is 18.2 Å². The first-order chi connectivity index (χ1) is 10.6. The molecule has 0 amide bonds. The van der Waals surface area contributed by atoms with E-state index in [-0.39, 0.29) is 5.56 Å². The lowest BCUT2D eigenvalue weighted by Crippen LogP contribution is -2.09. The Hall–Kier alpha value is -1.38. The Labute approximate surface area is 136 Å². The van der Waals surface area contributed by atoms with E-state index < -0.39 is 27.8 Å². The maximum Gasteiger partial charge on any atom is 0.425 e. The fraction of sp³-hybridized carbons (Fsp3) is 0.333. The van der Waals surface area contributed by atoms with Crippen LogP contribution in [-0.2, 0) is 33.5 Å². The molecule has 1 aromatic carbocycles. The molecule has 0 atom stereocenters. The van der Waals surface area contributed by atoms with E-state index in [4.69, 9.17) is 0 Å². The molecule has 0 unspecified atom stereocenters. The Morgan fingerprint density at radius 3 is 2.26 bits per heavy atom. The quantitative estimate of drug-likeness (QED) is 0.735. The summed E-state index contributed by atoms with van der Waals surface area (Å²) in [5, 5.41) is 1.38. The second-order valence-electron chi connectivity index (χ2n) is 4.97. The zero-order valence-corrected chi connectivity index (χ0v) is 14.1. The highest BCUT2D eigenvalue weighted by molar-refractivity contribution is 7.85. The Kier molecular flexibility index (Phi) is 5.17. The average Bonchev–Trinajstić information content (AvgIpc) is 2.88. The predicted octanol–water partition coefficient (Wildman–Crippen LogP) is 4.47. The number of aryl methyl sites for hydroxylation is 1. The fourth-order valence-electron chi connectivity index (χ4n) is 2.09. The van der Waals surface area contributed by atoms with Crippen molar-refractivity contribution >= 4 is 21.5 Å². The zero-order chi connectivity index (χ0) is 17.3. The van der Waals surface area contributed by atoms with Crippen LogP contribution in [0.15, 0.2) is 29.6 Å². The van der Waals surface area contributed by atoms with E-state index in [0.29, 0.717) is 22.5 Å². The minimum atomic E-state index is -4.55. The van der Waals surface area contributed by atoms with Gasteiger partial charge in [-0.2, -0.15) is 21.6 Å².